The fourth-order valence-corrected chi connectivity index (χ4v) is 2.87. The highest BCUT2D eigenvalue weighted by Gasteiger charge is 2.23. The van der Waals surface area contributed by atoms with Crippen molar-refractivity contribution >= 4 is 39.8 Å². The van der Waals surface area contributed by atoms with E-state index < -0.39 is 10.6 Å². The molecule has 3 heterocycles. The molecule has 0 unspecified atom stereocenters. The highest BCUT2D eigenvalue weighted by Crippen LogP contribution is 2.31. The molecule has 0 spiro atoms. The van der Waals surface area contributed by atoms with Crippen LogP contribution in [0.3, 0.4) is 0 Å². The number of para-hydroxylation sites is 1. The molecule has 0 saturated heterocycles. The lowest BCUT2D eigenvalue weighted by Crippen LogP contribution is -2.07. The van der Waals surface area contributed by atoms with Crippen LogP contribution in [-0.4, -0.2) is 29.7 Å². The van der Waals surface area contributed by atoms with Crippen LogP contribution in [0.2, 0.25) is 5.15 Å². The molecule has 0 aliphatic heterocycles. The largest absolute Gasteiger partial charge is 0.348 e. The Labute approximate surface area is 157 Å². The Bertz CT molecular complexity index is 1180. The van der Waals surface area contributed by atoms with Gasteiger partial charge < -0.3 is 5.32 Å². The van der Waals surface area contributed by atoms with Crippen LogP contribution in [0.1, 0.15) is 5.69 Å². The second-order valence-corrected chi connectivity index (χ2v) is 6.05. The SMILES string of the molecule is Cc1cc(Nc2ncnc(Cl)c2[N+](=O)[O-])n(-c2ccc3ccccc3n2)n1. The lowest BCUT2D eigenvalue weighted by molar-refractivity contribution is -0.384. The summed E-state index contributed by atoms with van der Waals surface area (Å²) in [6, 6.07) is 13.2. The van der Waals surface area contributed by atoms with E-state index in [4.69, 9.17) is 11.6 Å². The maximum absolute atomic E-state index is 11.3. The standard InChI is InChI=1S/C17H12ClN7O2/c1-10-8-14(22-17-15(25(26)27)16(18)19-9-20-17)24(23-10)13-7-6-11-4-2-3-5-12(11)21-13/h2-9H,1H3,(H,19,20,22). The third-order valence-corrected chi connectivity index (χ3v) is 4.12. The Morgan fingerprint density at radius 2 is 2.00 bits per heavy atom. The van der Waals surface area contributed by atoms with E-state index in [1.807, 2.05) is 43.3 Å². The molecular weight excluding hydrogens is 370 g/mol. The van der Waals surface area contributed by atoms with Crippen LogP contribution in [-0.2, 0) is 0 Å². The number of nitro groups is 1. The van der Waals surface area contributed by atoms with Crippen LogP contribution in [0.15, 0.2) is 48.8 Å². The lowest BCUT2D eigenvalue weighted by Gasteiger charge is -2.09. The number of hydrogen-bond donors (Lipinski definition) is 1. The number of fused-ring (bicyclic) bond motifs is 1. The molecule has 0 amide bonds. The summed E-state index contributed by atoms with van der Waals surface area (Å²) >= 11 is 5.85. The zero-order chi connectivity index (χ0) is 19.0. The molecule has 0 fully saturated rings. The maximum atomic E-state index is 11.3. The molecule has 0 radical (unpaired) electrons. The fraction of sp³-hybridized carbons (Fsp3) is 0.0588. The second-order valence-electron chi connectivity index (χ2n) is 5.69. The van der Waals surface area contributed by atoms with Gasteiger partial charge in [-0.3, -0.25) is 10.1 Å². The van der Waals surface area contributed by atoms with E-state index in [-0.39, 0.29) is 11.0 Å². The van der Waals surface area contributed by atoms with Gasteiger partial charge in [0, 0.05) is 11.5 Å². The summed E-state index contributed by atoms with van der Waals surface area (Å²) in [5.41, 5.74) is 1.11. The topological polar surface area (TPSA) is 112 Å². The van der Waals surface area contributed by atoms with Crippen LogP contribution < -0.4 is 5.32 Å². The van der Waals surface area contributed by atoms with Crippen molar-refractivity contribution in [2.45, 2.75) is 6.92 Å². The number of hydrogen-bond acceptors (Lipinski definition) is 7. The number of aryl methyl sites for hydroxylation is 1. The van der Waals surface area contributed by atoms with E-state index in [1.165, 1.54) is 0 Å². The van der Waals surface area contributed by atoms with Gasteiger partial charge in [-0.1, -0.05) is 29.8 Å². The van der Waals surface area contributed by atoms with Gasteiger partial charge in [-0.2, -0.15) is 9.78 Å². The van der Waals surface area contributed by atoms with Crippen LogP contribution in [0.25, 0.3) is 16.7 Å². The van der Waals surface area contributed by atoms with Crippen molar-refractivity contribution in [2.75, 3.05) is 5.32 Å². The normalized spacial score (nSPS) is 10.9. The van der Waals surface area contributed by atoms with Gasteiger partial charge in [0.25, 0.3) is 0 Å². The first-order valence-electron chi connectivity index (χ1n) is 7.87. The van der Waals surface area contributed by atoms with Gasteiger partial charge >= 0.3 is 5.69 Å². The van der Waals surface area contributed by atoms with Gasteiger partial charge in [-0.15, -0.1) is 0 Å². The van der Waals surface area contributed by atoms with E-state index >= 15 is 0 Å². The molecule has 0 saturated carbocycles. The van der Waals surface area contributed by atoms with Crippen molar-refractivity contribution in [3.63, 3.8) is 0 Å². The third-order valence-electron chi connectivity index (χ3n) is 3.84. The molecule has 4 rings (SSSR count). The summed E-state index contributed by atoms with van der Waals surface area (Å²) in [5.74, 6) is 1.00. The molecule has 134 valence electrons. The van der Waals surface area contributed by atoms with E-state index in [0.717, 1.165) is 17.2 Å². The predicted molar refractivity (Wildman–Crippen MR) is 101 cm³/mol. The number of anilines is 2. The van der Waals surface area contributed by atoms with Gasteiger partial charge in [0.05, 0.1) is 16.1 Å². The van der Waals surface area contributed by atoms with Gasteiger partial charge in [0.1, 0.15) is 12.1 Å². The number of nitrogens with one attached hydrogen (secondary N) is 1. The first-order valence-corrected chi connectivity index (χ1v) is 8.25. The number of nitrogens with zero attached hydrogens (tertiary/aromatic N) is 6. The highest BCUT2D eigenvalue weighted by atomic mass is 35.5. The minimum absolute atomic E-state index is 0.0260. The minimum atomic E-state index is -0.632. The maximum Gasteiger partial charge on any atom is 0.348 e. The van der Waals surface area contributed by atoms with Crippen molar-refractivity contribution in [2.24, 2.45) is 0 Å². The third kappa shape index (κ3) is 3.15. The number of pyridine rings is 1. The Morgan fingerprint density at radius 1 is 1.19 bits per heavy atom. The highest BCUT2D eigenvalue weighted by molar-refractivity contribution is 6.31. The Morgan fingerprint density at radius 3 is 2.81 bits per heavy atom. The zero-order valence-electron chi connectivity index (χ0n) is 14.0. The summed E-state index contributed by atoms with van der Waals surface area (Å²) in [6.07, 6.45) is 1.15. The monoisotopic (exact) mass is 381 g/mol. The number of rotatable bonds is 4. The average Bonchev–Trinajstić information content (AvgIpc) is 3.01. The van der Waals surface area contributed by atoms with Crippen LogP contribution in [0, 0.1) is 17.0 Å². The lowest BCUT2D eigenvalue weighted by atomic mass is 10.2. The molecule has 9 nitrogen and oxygen atoms in total. The van der Waals surface area contributed by atoms with Crippen molar-refractivity contribution in [3.05, 3.63) is 69.8 Å². The summed E-state index contributed by atoms with van der Waals surface area (Å²) in [6.45, 7) is 1.81. The van der Waals surface area contributed by atoms with Gasteiger partial charge in [-0.05, 0) is 25.1 Å². The smallest absolute Gasteiger partial charge is 0.319 e. The second kappa shape index (κ2) is 6.61. The molecule has 0 aliphatic carbocycles. The Balaban J connectivity index is 1.80. The Kier molecular flexibility index (Phi) is 4.13. The van der Waals surface area contributed by atoms with Gasteiger partial charge in [0.15, 0.2) is 5.82 Å². The molecule has 1 N–H and O–H groups in total. The molecule has 3 aromatic heterocycles. The minimum Gasteiger partial charge on any atom is -0.319 e. The van der Waals surface area contributed by atoms with E-state index in [9.17, 15) is 10.1 Å². The molecule has 0 aliphatic rings. The first-order chi connectivity index (χ1) is 13.0. The van der Waals surface area contributed by atoms with Crippen molar-refractivity contribution in [3.8, 4) is 5.82 Å². The summed E-state index contributed by atoms with van der Waals surface area (Å²) in [5, 5.41) is 19.4. The Hall–Kier alpha value is -3.59. The van der Waals surface area contributed by atoms with Crippen molar-refractivity contribution < 1.29 is 4.92 Å². The van der Waals surface area contributed by atoms with E-state index in [1.54, 1.807) is 10.7 Å². The fourth-order valence-electron chi connectivity index (χ4n) is 2.67. The molecule has 0 bridgehead atoms. The molecule has 1 aromatic carbocycles. The van der Waals surface area contributed by atoms with Gasteiger partial charge in [0.2, 0.25) is 11.0 Å². The number of halogens is 1. The van der Waals surface area contributed by atoms with Gasteiger partial charge in [-0.25, -0.2) is 15.0 Å². The average molecular weight is 382 g/mol. The van der Waals surface area contributed by atoms with Crippen molar-refractivity contribution in [1.82, 2.24) is 24.7 Å². The predicted octanol–water partition coefficient (Wildman–Crippen LogP) is 3.82. The summed E-state index contributed by atoms with van der Waals surface area (Å²) in [4.78, 5) is 22.9. The summed E-state index contributed by atoms with van der Waals surface area (Å²) < 4.78 is 1.56. The first kappa shape index (κ1) is 16.9. The summed E-state index contributed by atoms with van der Waals surface area (Å²) in [7, 11) is 0. The van der Waals surface area contributed by atoms with Crippen LogP contribution in [0.4, 0.5) is 17.3 Å². The van der Waals surface area contributed by atoms with Crippen LogP contribution >= 0.6 is 11.6 Å². The quantitative estimate of drug-likeness (QED) is 0.325. The van der Waals surface area contributed by atoms with E-state index in [2.05, 4.69) is 25.4 Å². The number of aromatic nitrogens is 5. The van der Waals surface area contributed by atoms with E-state index in [0.29, 0.717) is 17.3 Å². The molecule has 4 aromatic rings. The zero-order valence-corrected chi connectivity index (χ0v) is 14.8. The number of benzene rings is 1. The molecule has 10 heteroatoms. The molecule has 27 heavy (non-hydrogen) atoms. The molecular formula is C17H12ClN7O2. The van der Waals surface area contributed by atoms with Crippen molar-refractivity contribution in [1.29, 1.82) is 0 Å². The van der Waals surface area contributed by atoms with Crippen LogP contribution in [0.5, 0.6) is 0 Å². The molecule has 0 atom stereocenters.